The van der Waals surface area contributed by atoms with E-state index in [0.29, 0.717) is 19.4 Å². The lowest BCUT2D eigenvalue weighted by molar-refractivity contribution is -0.150. The Balaban J connectivity index is 2.40. The molecule has 6 nitrogen and oxygen atoms in total. The molecule has 1 aliphatic heterocycles. The van der Waals surface area contributed by atoms with Crippen LogP contribution in [0.4, 0.5) is 0 Å². The maximum atomic E-state index is 12.5. The van der Waals surface area contributed by atoms with Crippen molar-refractivity contribution < 1.29 is 24.9 Å². The fraction of sp³-hybridized carbons (Fsp3) is 0.429. The van der Waals surface area contributed by atoms with Crippen LogP contribution in [0, 0.1) is 0 Å². The van der Waals surface area contributed by atoms with E-state index in [2.05, 4.69) is 0 Å². The summed E-state index contributed by atoms with van der Waals surface area (Å²) in [7, 11) is 0. The third kappa shape index (κ3) is 2.29. The lowest BCUT2D eigenvalue weighted by Crippen LogP contribution is -2.57. The number of hydrogen-bond acceptors (Lipinski definition) is 4. The molecule has 0 bridgehead atoms. The number of phenolic OH excluding ortho intramolecular Hbond substituents is 2. The smallest absolute Gasteiger partial charge is 0.329 e. The van der Waals surface area contributed by atoms with Crippen LogP contribution in [0.3, 0.4) is 0 Å². The van der Waals surface area contributed by atoms with Gasteiger partial charge in [0.05, 0.1) is 5.56 Å². The Kier molecular flexibility index (Phi) is 3.57. The molecular weight excluding hydrogens is 262 g/mol. The third-order valence-corrected chi connectivity index (χ3v) is 3.81. The summed E-state index contributed by atoms with van der Waals surface area (Å²) in [6.45, 7) is 1.82. The summed E-state index contributed by atoms with van der Waals surface area (Å²) in [5.41, 5.74) is -1.37. The maximum absolute atomic E-state index is 12.5. The molecule has 1 heterocycles. The van der Waals surface area contributed by atoms with Gasteiger partial charge in [-0.1, -0.05) is 0 Å². The van der Waals surface area contributed by atoms with Crippen LogP contribution in [0.25, 0.3) is 0 Å². The van der Waals surface area contributed by atoms with Gasteiger partial charge in [-0.15, -0.1) is 0 Å². The van der Waals surface area contributed by atoms with Crippen molar-refractivity contribution in [3.05, 3.63) is 23.8 Å². The fourth-order valence-electron chi connectivity index (χ4n) is 2.51. The molecule has 20 heavy (non-hydrogen) atoms. The molecule has 108 valence electrons. The Hall–Kier alpha value is -2.24. The molecule has 1 fully saturated rings. The van der Waals surface area contributed by atoms with Crippen molar-refractivity contribution in [3.63, 3.8) is 0 Å². The number of phenols is 2. The van der Waals surface area contributed by atoms with E-state index >= 15 is 0 Å². The first kappa shape index (κ1) is 14.2. The lowest BCUT2D eigenvalue weighted by atomic mass is 9.87. The topological polar surface area (TPSA) is 98.1 Å². The summed E-state index contributed by atoms with van der Waals surface area (Å²) < 4.78 is 0. The van der Waals surface area contributed by atoms with Gasteiger partial charge < -0.3 is 20.2 Å². The van der Waals surface area contributed by atoms with Crippen molar-refractivity contribution in [2.24, 2.45) is 0 Å². The molecule has 2 rings (SSSR count). The highest BCUT2D eigenvalue weighted by molar-refractivity contribution is 6.00. The van der Waals surface area contributed by atoms with Gasteiger partial charge in [0.1, 0.15) is 17.0 Å². The molecule has 1 saturated heterocycles. The Morgan fingerprint density at radius 2 is 1.95 bits per heavy atom. The van der Waals surface area contributed by atoms with Gasteiger partial charge in [-0.2, -0.15) is 0 Å². The number of rotatable bonds is 2. The largest absolute Gasteiger partial charge is 0.508 e. The minimum atomic E-state index is -1.28. The van der Waals surface area contributed by atoms with E-state index in [-0.39, 0.29) is 17.1 Å². The molecule has 1 aliphatic rings. The van der Waals surface area contributed by atoms with Crippen molar-refractivity contribution in [1.29, 1.82) is 0 Å². The Morgan fingerprint density at radius 1 is 1.25 bits per heavy atom. The molecule has 3 N–H and O–H groups in total. The molecule has 0 radical (unpaired) electrons. The lowest BCUT2D eigenvalue weighted by Gasteiger charge is -2.41. The van der Waals surface area contributed by atoms with E-state index in [4.69, 9.17) is 0 Å². The monoisotopic (exact) mass is 279 g/mol. The van der Waals surface area contributed by atoms with Crippen LogP contribution in [0.1, 0.15) is 36.5 Å². The second-order valence-corrected chi connectivity index (χ2v) is 5.19. The summed E-state index contributed by atoms with van der Waals surface area (Å²) in [5.74, 6) is -2.07. The molecular formula is C14H17NO5. The second kappa shape index (κ2) is 5.03. The van der Waals surface area contributed by atoms with Gasteiger partial charge in [0.15, 0.2) is 0 Å². The van der Waals surface area contributed by atoms with Crippen LogP contribution in [0.2, 0.25) is 0 Å². The first-order chi connectivity index (χ1) is 9.36. The van der Waals surface area contributed by atoms with Crippen LogP contribution in [-0.4, -0.2) is 44.2 Å². The number of piperidine rings is 1. The summed E-state index contributed by atoms with van der Waals surface area (Å²) in [6, 6.07) is 3.62. The molecule has 0 aromatic heterocycles. The summed E-state index contributed by atoms with van der Waals surface area (Å²) in [4.78, 5) is 25.2. The minimum Gasteiger partial charge on any atom is -0.508 e. The first-order valence-corrected chi connectivity index (χ1v) is 6.43. The average molecular weight is 279 g/mol. The van der Waals surface area contributed by atoms with Gasteiger partial charge in [-0.25, -0.2) is 4.79 Å². The summed E-state index contributed by atoms with van der Waals surface area (Å²) in [6.07, 6.45) is 1.82. The number of carbonyl (C=O) groups excluding carboxylic acids is 1. The zero-order chi connectivity index (χ0) is 14.9. The zero-order valence-electron chi connectivity index (χ0n) is 11.2. The van der Waals surface area contributed by atoms with Crippen LogP contribution in [0.5, 0.6) is 11.5 Å². The van der Waals surface area contributed by atoms with Gasteiger partial charge in [0, 0.05) is 6.54 Å². The minimum absolute atomic E-state index is 0.0839. The number of aromatic hydroxyl groups is 2. The average Bonchev–Trinajstić information content (AvgIpc) is 2.41. The second-order valence-electron chi connectivity index (χ2n) is 5.19. The Morgan fingerprint density at radius 3 is 2.60 bits per heavy atom. The van der Waals surface area contributed by atoms with Gasteiger partial charge in [-0.05, 0) is 44.4 Å². The highest BCUT2D eigenvalue weighted by Gasteiger charge is 2.44. The van der Waals surface area contributed by atoms with Gasteiger partial charge in [0.2, 0.25) is 0 Å². The SMILES string of the molecule is CC1(C(=O)O)CCCCN1C(=O)c1cc(O)ccc1O. The molecule has 1 unspecified atom stereocenters. The number of carbonyl (C=O) groups is 2. The Bertz CT molecular complexity index is 556. The molecule has 0 saturated carbocycles. The number of nitrogens with zero attached hydrogens (tertiary/aromatic N) is 1. The van der Waals surface area contributed by atoms with Crippen LogP contribution in [0.15, 0.2) is 18.2 Å². The highest BCUT2D eigenvalue weighted by Crippen LogP contribution is 2.32. The van der Waals surface area contributed by atoms with Crippen molar-refractivity contribution >= 4 is 11.9 Å². The number of likely N-dealkylation sites (tertiary alicyclic amines) is 1. The predicted molar refractivity (Wildman–Crippen MR) is 70.7 cm³/mol. The number of benzene rings is 1. The van der Waals surface area contributed by atoms with Gasteiger partial charge in [0.25, 0.3) is 5.91 Å². The highest BCUT2D eigenvalue weighted by atomic mass is 16.4. The number of carboxylic acids is 1. The van der Waals surface area contributed by atoms with E-state index < -0.39 is 17.4 Å². The number of aliphatic carboxylic acids is 1. The van der Waals surface area contributed by atoms with Crippen molar-refractivity contribution in [2.75, 3.05) is 6.54 Å². The summed E-state index contributed by atoms with van der Waals surface area (Å²) >= 11 is 0. The molecule has 6 heteroatoms. The van der Waals surface area contributed by atoms with E-state index in [9.17, 15) is 24.9 Å². The fourth-order valence-corrected chi connectivity index (χ4v) is 2.51. The number of carboxylic acid groups (broad SMARTS) is 1. The van der Waals surface area contributed by atoms with E-state index in [0.717, 1.165) is 12.5 Å². The molecule has 1 aromatic rings. The molecule has 0 spiro atoms. The van der Waals surface area contributed by atoms with Crippen LogP contribution >= 0.6 is 0 Å². The number of amides is 1. The van der Waals surface area contributed by atoms with E-state index in [1.54, 1.807) is 0 Å². The normalized spacial score (nSPS) is 22.6. The van der Waals surface area contributed by atoms with Crippen LogP contribution in [-0.2, 0) is 4.79 Å². The molecule has 1 atom stereocenters. The van der Waals surface area contributed by atoms with Crippen molar-refractivity contribution in [3.8, 4) is 11.5 Å². The number of hydrogen-bond donors (Lipinski definition) is 3. The molecule has 1 aromatic carbocycles. The predicted octanol–water partition coefficient (Wildman–Crippen LogP) is 1.57. The van der Waals surface area contributed by atoms with E-state index in [1.807, 2.05) is 0 Å². The maximum Gasteiger partial charge on any atom is 0.329 e. The van der Waals surface area contributed by atoms with Gasteiger partial charge in [-0.3, -0.25) is 4.79 Å². The van der Waals surface area contributed by atoms with E-state index in [1.165, 1.54) is 24.0 Å². The molecule has 1 amide bonds. The standard InChI is InChI=1S/C14H17NO5/c1-14(13(19)20)6-2-3-7-15(14)12(18)10-8-9(16)4-5-11(10)17/h4-5,8,16-17H,2-3,6-7H2,1H3,(H,19,20). The van der Waals surface area contributed by atoms with Gasteiger partial charge >= 0.3 is 5.97 Å². The molecule has 0 aliphatic carbocycles. The van der Waals surface area contributed by atoms with Crippen molar-refractivity contribution in [2.45, 2.75) is 31.7 Å². The van der Waals surface area contributed by atoms with Crippen molar-refractivity contribution in [1.82, 2.24) is 4.90 Å². The Labute approximate surface area is 116 Å². The summed E-state index contributed by atoms with van der Waals surface area (Å²) in [5, 5.41) is 28.5. The third-order valence-electron chi connectivity index (χ3n) is 3.81. The van der Waals surface area contributed by atoms with Crippen LogP contribution < -0.4 is 0 Å². The first-order valence-electron chi connectivity index (χ1n) is 6.43. The zero-order valence-corrected chi connectivity index (χ0v) is 11.2. The quantitative estimate of drug-likeness (QED) is 0.714.